The molecule has 92 valence electrons. The van der Waals surface area contributed by atoms with Gasteiger partial charge >= 0.3 is 0 Å². The Morgan fingerprint density at radius 1 is 1.50 bits per heavy atom. The van der Waals surface area contributed by atoms with Gasteiger partial charge in [0.25, 0.3) is 0 Å². The molecule has 0 saturated carbocycles. The largest absolute Gasteiger partial charge is 0.330 e. The first kappa shape index (κ1) is 13.6. The predicted octanol–water partition coefficient (Wildman–Crippen LogP) is 2.24. The van der Waals surface area contributed by atoms with Gasteiger partial charge < -0.3 is 11.1 Å². The van der Waals surface area contributed by atoms with Gasteiger partial charge in [-0.3, -0.25) is 0 Å². The molecule has 0 aromatic carbocycles. The second-order valence-electron chi connectivity index (χ2n) is 4.62. The Morgan fingerprint density at radius 3 is 2.88 bits per heavy atom. The topological polar surface area (TPSA) is 50.9 Å². The van der Waals surface area contributed by atoms with Gasteiger partial charge in [-0.2, -0.15) is 0 Å². The minimum atomic E-state index is 0.656. The fraction of sp³-hybridized carbons (Fsp3) is 0.750. The van der Waals surface area contributed by atoms with Gasteiger partial charge in [0.1, 0.15) is 5.01 Å². The fourth-order valence-electron chi connectivity index (χ4n) is 1.84. The maximum Gasteiger partial charge on any atom is 0.106 e. The van der Waals surface area contributed by atoms with E-state index >= 15 is 0 Å². The van der Waals surface area contributed by atoms with E-state index in [2.05, 4.69) is 24.1 Å². The highest BCUT2D eigenvalue weighted by molar-refractivity contribution is 7.09. The summed E-state index contributed by atoms with van der Waals surface area (Å²) in [5.74, 6) is 1.40. The van der Waals surface area contributed by atoms with Crippen molar-refractivity contribution in [3.63, 3.8) is 0 Å². The van der Waals surface area contributed by atoms with Crippen LogP contribution in [0.25, 0.3) is 0 Å². The Balaban J connectivity index is 2.09. The number of thiazole rings is 1. The summed E-state index contributed by atoms with van der Waals surface area (Å²) in [4.78, 5) is 4.23. The Kier molecular flexibility index (Phi) is 6.61. The monoisotopic (exact) mass is 241 g/mol. The summed E-state index contributed by atoms with van der Waals surface area (Å²) in [6, 6.07) is 0. The van der Waals surface area contributed by atoms with Crippen LogP contribution in [0.2, 0.25) is 0 Å². The van der Waals surface area contributed by atoms with Gasteiger partial charge in [-0.25, -0.2) is 4.98 Å². The molecule has 0 aliphatic carbocycles. The van der Waals surface area contributed by atoms with Gasteiger partial charge in [0, 0.05) is 18.1 Å². The zero-order chi connectivity index (χ0) is 11.8. The van der Waals surface area contributed by atoms with Gasteiger partial charge in [0.15, 0.2) is 0 Å². The van der Waals surface area contributed by atoms with Crippen LogP contribution in [0.1, 0.15) is 31.7 Å². The van der Waals surface area contributed by atoms with Crippen molar-refractivity contribution in [2.45, 2.75) is 33.2 Å². The quantitative estimate of drug-likeness (QED) is 0.686. The average Bonchev–Trinajstić information content (AvgIpc) is 2.74. The summed E-state index contributed by atoms with van der Waals surface area (Å²) in [6.07, 6.45) is 4.25. The molecule has 4 heteroatoms. The summed E-state index contributed by atoms with van der Waals surface area (Å²) in [5.41, 5.74) is 5.76. The normalized spacial score (nSPS) is 13.2. The molecule has 0 fully saturated rings. The Bertz CT molecular complexity index is 259. The van der Waals surface area contributed by atoms with E-state index in [1.807, 2.05) is 11.6 Å². The van der Waals surface area contributed by atoms with E-state index in [0.717, 1.165) is 30.6 Å². The van der Waals surface area contributed by atoms with Crippen LogP contribution in [0.5, 0.6) is 0 Å². The number of aromatic nitrogens is 1. The van der Waals surface area contributed by atoms with Crippen LogP contribution in [-0.4, -0.2) is 18.1 Å². The molecule has 1 aromatic rings. The highest BCUT2D eigenvalue weighted by Gasteiger charge is 2.08. The Morgan fingerprint density at radius 2 is 2.31 bits per heavy atom. The molecule has 0 radical (unpaired) electrons. The minimum Gasteiger partial charge on any atom is -0.330 e. The molecular weight excluding hydrogens is 218 g/mol. The van der Waals surface area contributed by atoms with E-state index < -0.39 is 0 Å². The van der Waals surface area contributed by atoms with Crippen LogP contribution >= 0.6 is 11.3 Å². The zero-order valence-corrected chi connectivity index (χ0v) is 11.1. The number of hydrogen-bond donors (Lipinski definition) is 2. The molecule has 0 saturated heterocycles. The van der Waals surface area contributed by atoms with Crippen molar-refractivity contribution in [1.29, 1.82) is 0 Å². The zero-order valence-electron chi connectivity index (χ0n) is 10.3. The molecule has 3 nitrogen and oxygen atoms in total. The summed E-state index contributed by atoms with van der Waals surface area (Å²) in [7, 11) is 0. The second kappa shape index (κ2) is 7.76. The van der Waals surface area contributed by atoms with E-state index in [1.54, 1.807) is 11.3 Å². The van der Waals surface area contributed by atoms with E-state index in [4.69, 9.17) is 5.73 Å². The van der Waals surface area contributed by atoms with Crippen molar-refractivity contribution in [3.8, 4) is 0 Å². The lowest BCUT2D eigenvalue weighted by Crippen LogP contribution is -2.23. The lowest BCUT2D eigenvalue weighted by Gasteiger charge is -2.16. The summed E-state index contributed by atoms with van der Waals surface area (Å²) < 4.78 is 0. The lowest BCUT2D eigenvalue weighted by atomic mass is 9.94. The van der Waals surface area contributed by atoms with E-state index in [-0.39, 0.29) is 0 Å². The molecule has 0 aliphatic rings. The molecule has 0 aliphatic heterocycles. The van der Waals surface area contributed by atoms with E-state index in [1.165, 1.54) is 12.8 Å². The Labute approximate surface area is 102 Å². The van der Waals surface area contributed by atoms with E-state index in [9.17, 15) is 0 Å². The lowest BCUT2D eigenvalue weighted by molar-refractivity contribution is 0.385. The highest BCUT2D eigenvalue weighted by atomic mass is 32.1. The van der Waals surface area contributed by atoms with Crippen molar-refractivity contribution < 1.29 is 0 Å². The summed E-state index contributed by atoms with van der Waals surface area (Å²) >= 11 is 1.70. The van der Waals surface area contributed by atoms with Crippen molar-refractivity contribution in [1.82, 2.24) is 10.3 Å². The molecule has 1 atom stereocenters. The van der Waals surface area contributed by atoms with Gasteiger partial charge in [-0.05, 0) is 37.8 Å². The van der Waals surface area contributed by atoms with Crippen molar-refractivity contribution >= 4 is 11.3 Å². The fourth-order valence-corrected chi connectivity index (χ4v) is 2.43. The average molecular weight is 241 g/mol. The van der Waals surface area contributed by atoms with Crippen LogP contribution < -0.4 is 11.1 Å². The van der Waals surface area contributed by atoms with Gasteiger partial charge in [0.05, 0.1) is 0 Å². The van der Waals surface area contributed by atoms with Gasteiger partial charge in [-0.1, -0.05) is 13.8 Å². The maximum atomic E-state index is 5.76. The second-order valence-corrected chi connectivity index (χ2v) is 5.60. The van der Waals surface area contributed by atoms with Crippen LogP contribution in [0.4, 0.5) is 0 Å². The minimum absolute atomic E-state index is 0.656. The van der Waals surface area contributed by atoms with Crippen LogP contribution in [-0.2, 0) is 6.54 Å². The molecule has 0 spiro atoms. The summed E-state index contributed by atoms with van der Waals surface area (Å²) in [5, 5.41) is 6.59. The molecule has 1 heterocycles. The first-order valence-electron chi connectivity index (χ1n) is 6.01. The molecule has 0 amide bonds. The van der Waals surface area contributed by atoms with Crippen molar-refractivity contribution in [2.24, 2.45) is 17.6 Å². The smallest absolute Gasteiger partial charge is 0.106 e. The molecule has 0 bridgehead atoms. The maximum absolute atomic E-state index is 5.76. The number of nitrogens with one attached hydrogen (secondary N) is 1. The number of hydrogen-bond acceptors (Lipinski definition) is 4. The third-order valence-electron chi connectivity index (χ3n) is 2.63. The molecular formula is C12H23N3S. The first-order valence-corrected chi connectivity index (χ1v) is 6.89. The number of nitrogens with zero attached hydrogens (tertiary/aromatic N) is 1. The number of nitrogens with two attached hydrogens (primary N) is 1. The highest BCUT2D eigenvalue weighted by Crippen LogP contribution is 2.13. The Hall–Kier alpha value is -0.450. The van der Waals surface area contributed by atoms with Crippen molar-refractivity contribution in [3.05, 3.63) is 16.6 Å². The summed E-state index contributed by atoms with van der Waals surface area (Å²) in [6.45, 7) is 7.24. The third-order valence-corrected chi connectivity index (χ3v) is 3.41. The predicted molar refractivity (Wildman–Crippen MR) is 70.4 cm³/mol. The van der Waals surface area contributed by atoms with Crippen LogP contribution in [0.3, 0.4) is 0 Å². The van der Waals surface area contributed by atoms with Crippen LogP contribution in [0.15, 0.2) is 11.6 Å². The molecule has 3 N–H and O–H groups in total. The first-order chi connectivity index (χ1) is 7.72. The van der Waals surface area contributed by atoms with Crippen LogP contribution in [0, 0.1) is 11.8 Å². The molecule has 1 unspecified atom stereocenters. The molecule has 1 rings (SSSR count). The standard InChI is InChI=1S/C12H23N3S/c1-10(2)7-11(8-13)3-4-14-9-12-15-5-6-16-12/h5-6,10-11,14H,3-4,7-9,13H2,1-2H3. The molecule has 16 heavy (non-hydrogen) atoms. The third kappa shape index (κ3) is 5.58. The SMILES string of the molecule is CC(C)CC(CN)CCNCc1nccs1. The van der Waals surface area contributed by atoms with E-state index in [0.29, 0.717) is 5.92 Å². The van der Waals surface area contributed by atoms with Crippen molar-refractivity contribution in [2.75, 3.05) is 13.1 Å². The van der Waals surface area contributed by atoms with Gasteiger partial charge in [-0.15, -0.1) is 11.3 Å². The number of rotatable bonds is 8. The van der Waals surface area contributed by atoms with Gasteiger partial charge in [0.2, 0.25) is 0 Å². The molecule has 1 aromatic heterocycles.